The van der Waals surface area contributed by atoms with Gasteiger partial charge in [0.05, 0.1) is 0 Å². The number of hydrogen-bond donors (Lipinski definition) is 0. The van der Waals surface area contributed by atoms with Crippen molar-refractivity contribution in [2.45, 2.75) is 19.1 Å². The number of anilines is 1. The zero-order chi connectivity index (χ0) is 11.1. The van der Waals surface area contributed by atoms with Crippen molar-refractivity contribution in [3.05, 3.63) is 23.9 Å². The highest BCUT2D eigenvalue weighted by atomic mass is 19.4. The van der Waals surface area contributed by atoms with E-state index >= 15 is 0 Å². The summed E-state index contributed by atoms with van der Waals surface area (Å²) >= 11 is 0. The summed E-state index contributed by atoms with van der Waals surface area (Å²) in [5.41, 5.74) is 0.453. The Morgan fingerprint density at radius 1 is 1.33 bits per heavy atom. The Labute approximate surface area is 83.5 Å². The van der Waals surface area contributed by atoms with E-state index in [2.05, 4.69) is 4.98 Å². The highest BCUT2D eigenvalue weighted by molar-refractivity contribution is 5.95. The molecule has 0 saturated heterocycles. The van der Waals surface area contributed by atoms with Crippen molar-refractivity contribution in [2.24, 2.45) is 0 Å². The van der Waals surface area contributed by atoms with E-state index in [1.807, 2.05) is 0 Å². The molecule has 80 valence electrons. The van der Waals surface area contributed by atoms with Crippen LogP contribution in [0.5, 0.6) is 0 Å². The fourth-order valence-electron chi connectivity index (χ4n) is 1.56. The van der Waals surface area contributed by atoms with Crippen molar-refractivity contribution in [1.29, 1.82) is 0 Å². The van der Waals surface area contributed by atoms with Crippen LogP contribution >= 0.6 is 0 Å². The van der Waals surface area contributed by atoms with Gasteiger partial charge in [-0.15, -0.1) is 13.2 Å². The van der Waals surface area contributed by atoms with Crippen molar-refractivity contribution in [3.63, 3.8) is 0 Å². The van der Waals surface area contributed by atoms with Crippen LogP contribution in [0.3, 0.4) is 0 Å². The van der Waals surface area contributed by atoms with E-state index in [-0.39, 0.29) is 17.1 Å². The van der Waals surface area contributed by atoms with Crippen LogP contribution in [0.25, 0.3) is 0 Å². The molecule has 6 heteroatoms. The minimum Gasteiger partial charge on any atom is -0.274 e. The van der Waals surface area contributed by atoms with Crippen LogP contribution in [0, 0.1) is 0 Å². The summed E-state index contributed by atoms with van der Waals surface area (Å²) < 4.78 is 37.6. The third-order valence-corrected chi connectivity index (χ3v) is 2.19. The molecule has 1 aliphatic rings. The van der Waals surface area contributed by atoms with E-state index in [4.69, 9.17) is 0 Å². The summed E-state index contributed by atoms with van der Waals surface area (Å²) in [6.45, 7) is 0. The quantitative estimate of drug-likeness (QED) is 0.620. The number of carbonyl (C=O) groups excluding carboxylic acids is 1. The van der Waals surface area contributed by atoms with Crippen molar-refractivity contribution < 1.29 is 18.0 Å². The van der Waals surface area contributed by atoms with Gasteiger partial charge in [-0.2, -0.15) is 0 Å². The van der Waals surface area contributed by atoms with Crippen molar-refractivity contribution in [3.8, 4) is 0 Å². The first-order valence-corrected chi connectivity index (χ1v) is 4.34. The first-order chi connectivity index (χ1) is 7.00. The fraction of sp³-hybridized carbons (Fsp3) is 0.333. The van der Waals surface area contributed by atoms with Gasteiger partial charge in [-0.1, -0.05) is 6.07 Å². The molecule has 0 fully saturated rings. The molecule has 1 aromatic heterocycles. The predicted molar refractivity (Wildman–Crippen MR) is 46.1 cm³/mol. The van der Waals surface area contributed by atoms with Crippen LogP contribution in [-0.4, -0.2) is 17.2 Å². The Kier molecular flexibility index (Phi) is 2.13. The number of pyridine rings is 1. The lowest BCUT2D eigenvalue weighted by atomic mass is 10.1. The summed E-state index contributed by atoms with van der Waals surface area (Å²) in [6, 6.07) is 3.11. The van der Waals surface area contributed by atoms with E-state index < -0.39 is 12.2 Å². The number of carbonyl (C=O) groups is 1. The Hall–Kier alpha value is -1.59. The molecule has 0 saturated carbocycles. The lowest BCUT2D eigenvalue weighted by Crippen LogP contribution is -2.46. The second-order valence-corrected chi connectivity index (χ2v) is 3.18. The van der Waals surface area contributed by atoms with Crippen molar-refractivity contribution in [1.82, 2.24) is 4.98 Å². The van der Waals surface area contributed by atoms with Gasteiger partial charge in [-0.3, -0.25) is 4.79 Å². The van der Waals surface area contributed by atoms with Crippen LogP contribution < -0.4 is 4.90 Å². The summed E-state index contributed by atoms with van der Waals surface area (Å²) in [7, 11) is 0. The normalized spacial score (nSPS) is 16.5. The van der Waals surface area contributed by atoms with Crippen LogP contribution in [0.4, 0.5) is 19.0 Å². The molecule has 0 N–H and O–H groups in total. The van der Waals surface area contributed by atoms with Crippen LogP contribution in [0.15, 0.2) is 18.3 Å². The Bertz CT molecular complexity index is 403. The molecule has 0 aromatic carbocycles. The smallest absolute Gasteiger partial charge is 0.274 e. The minimum absolute atomic E-state index is 0.127. The lowest BCUT2D eigenvalue weighted by molar-refractivity contribution is -0.151. The number of alkyl halides is 3. The molecule has 0 radical (unpaired) electrons. The highest BCUT2D eigenvalue weighted by Crippen LogP contribution is 2.33. The van der Waals surface area contributed by atoms with E-state index in [0.29, 0.717) is 12.0 Å². The molecule has 0 unspecified atom stereocenters. The standard InChI is InChI=1S/C9H7F3N2O/c10-9(11,12)14-7(15)4-3-6-2-1-5-13-8(6)14/h1-2,5H,3-4H2. The maximum atomic E-state index is 12.5. The number of aryl methyl sites for hydroxylation is 1. The van der Waals surface area contributed by atoms with Gasteiger partial charge in [0.1, 0.15) is 5.82 Å². The lowest BCUT2D eigenvalue weighted by Gasteiger charge is -2.29. The zero-order valence-electron chi connectivity index (χ0n) is 7.58. The van der Waals surface area contributed by atoms with Crippen LogP contribution in [-0.2, 0) is 11.2 Å². The maximum absolute atomic E-state index is 12.5. The summed E-state index contributed by atoms with van der Waals surface area (Å²) in [5, 5.41) is 0. The minimum atomic E-state index is -4.69. The van der Waals surface area contributed by atoms with E-state index in [1.54, 1.807) is 12.1 Å². The summed E-state index contributed by atoms with van der Waals surface area (Å²) in [4.78, 5) is 14.6. The van der Waals surface area contributed by atoms with E-state index in [9.17, 15) is 18.0 Å². The molecule has 2 heterocycles. The zero-order valence-corrected chi connectivity index (χ0v) is 7.58. The molecular weight excluding hydrogens is 209 g/mol. The molecule has 1 aliphatic heterocycles. The molecule has 0 atom stereocenters. The van der Waals surface area contributed by atoms with Crippen LogP contribution in [0.2, 0.25) is 0 Å². The molecule has 0 spiro atoms. The third-order valence-electron chi connectivity index (χ3n) is 2.19. The molecule has 0 aliphatic carbocycles. The average Bonchev–Trinajstić information content (AvgIpc) is 2.15. The van der Waals surface area contributed by atoms with E-state index in [1.165, 1.54) is 6.20 Å². The number of rotatable bonds is 0. The molecule has 2 rings (SSSR count). The second-order valence-electron chi connectivity index (χ2n) is 3.18. The number of hydrogen-bond acceptors (Lipinski definition) is 2. The number of nitrogens with zero attached hydrogens (tertiary/aromatic N) is 2. The van der Waals surface area contributed by atoms with Crippen LogP contribution in [0.1, 0.15) is 12.0 Å². The third kappa shape index (κ3) is 1.67. The maximum Gasteiger partial charge on any atom is 0.492 e. The molecule has 15 heavy (non-hydrogen) atoms. The van der Waals surface area contributed by atoms with Crippen molar-refractivity contribution >= 4 is 11.7 Å². The van der Waals surface area contributed by atoms with Gasteiger partial charge >= 0.3 is 6.30 Å². The van der Waals surface area contributed by atoms with Gasteiger partial charge in [0.15, 0.2) is 0 Å². The average molecular weight is 216 g/mol. The van der Waals surface area contributed by atoms with Gasteiger partial charge in [-0.25, -0.2) is 9.88 Å². The first kappa shape index (κ1) is 9.95. The summed E-state index contributed by atoms with van der Waals surface area (Å²) in [5.74, 6) is -1.24. The largest absolute Gasteiger partial charge is 0.492 e. The van der Waals surface area contributed by atoms with Gasteiger partial charge in [-0.05, 0) is 18.1 Å². The van der Waals surface area contributed by atoms with E-state index in [0.717, 1.165) is 0 Å². The number of aromatic nitrogens is 1. The molecule has 1 amide bonds. The summed E-state index contributed by atoms with van der Waals surface area (Å²) in [6.07, 6.45) is -3.26. The van der Waals surface area contributed by atoms with Crippen molar-refractivity contribution in [2.75, 3.05) is 4.90 Å². The predicted octanol–water partition coefficient (Wildman–Crippen LogP) is 1.88. The fourth-order valence-corrected chi connectivity index (χ4v) is 1.56. The topological polar surface area (TPSA) is 33.2 Å². The number of halogens is 3. The highest BCUT2D eigenvalue weighted by Gasteiger charge is 2.45. The Morgan fingerprint density at radius 3 is 2.73 bits per heavy atom. The number of amides is 1. The molecule has 3 nitrogen and oxygen atoms in total. The Balaban J connectivity index is 2.51. The monoisotopic (exact) mass is 216 g/mol. The van der Waals surface area contributed by atoms with Gasteiger partial charge < -0.3 is 0 Å². The SMILES string of the molecule is O=C1CCc2cccnc2N1C(F)(F)F. The Morgan fingerprint density at radius 2 is 2.07 bits per heavy atom. The van der Waals surface area contributed by atoms with Gasteiger partial charge in [0, 0.05) is 12.6 Å². The molecular formula is C9H7F3N2O. The molecule has 0 bridgehead atoms. The molecule has 1 aromatic rings. The van der Waals surface area contributed by atoms with Gasteiger partial charge in [0.2, 0.25) is 5.91 Å². The first-order valence-electron chi connectivity index (χ1n) is 4.34. The second kappa shape index (κ2) is 3.22. The number of fused-ring (bicyclic) bond motifs is 1. The van der Waals surface area contributed by atoms with Gasteiger partial charge in [0.25, 0.3) is 0 Å².